The number of nitrogens with one attached hydrogen (secondary N) is 1. The minimum absolute atomic E-state index is 0.268. The highest BCUT2D eigenvalue weighted by atomic mass is 35.5. The first-order valence-electron chi connectivity index (χ1n) is 8.21. The molecule has 1 N–H and O–H groups in total. The highest BCUT2D eigenvalue weighted by Gasteiger charge is 2.20. The lowest BCUT2D eigenvalue weighted by molar-refractivity contribution is 0.102. The summed E-state index contributed by atoms with van der Waals surface area (Å²) in [7, 11) is 3.87. The molecule has 6 heteroatoms. The summed E-state index contributed by atoms with van der Waals surface area (Å²) in [6.45, 7) is 4.51. The molecule has 1 aromatic heterocycles. The fraction of sp³-hybridized carbons (Fsp3) is 0.250. The van der Waals surface area contributed by atoms with Gasteiger partial charge in [-0.05, 0) is 51.2 Å². The molecule has 3 rings (SSSR count). The van der Waals surface area contributed by atoms with Crippen molar-refractivity contribution in [1.29, 1.82) is 0 Å². The van der Waals surface area contributed by atoms with Crippen molar-refractivity contribution < 1.29 is 9.21 Å². The SMILES string of the molecule is Cc1oc2c(NC(=O)c3c(Cl)ccc(CN(C)C)c3Cl)cccc2c1C. The van der Waals surface area contributed by atoms with Crippen LogP contribution in [-0.4, -0.2) is 24.9 Å². The third-order valence-electron chi connectivity index (χ3n) is 4.34. The minimum atomic E-state index is -0.361. The van der Waals surface area contributed by atoms with E-state index in [1.807, 2.05) is 51.0 Å². The van der Waals surface area contributed by atoms with Crippen molar-refractivity contribution in [3.8, 4) is 0 Å². The lowest BCUT2D eigenvalue weighted by Gasteiger charge is -2.15. The van der Waals surface area contributed by atoms with Gasteiger partial charge < -0.3 is 14.6 Å². The second-order valence-electron chi connectivity index (χ2n) is 6.55. The molecule has 0 saturated carbocycles. The number of aryl methyl sites for hydroxylation is 2. The second-order valence-corrected chi connectivity index (χ2v) is 7.34. The molecule has 4 nitrogen and oxygen atoms in total. The molecule has 26 heavy (non-hydrogen) atoms. The Morgan fingerprint density at radius 2 is 1.88 bits per heavy atom. The molecule has 0 aliphatic carbocycles. The van der Waals surface area contributed by atoms with E-state index in [9.17, 15) is 4.79 Å². The topological polar surface area (TPSA) is 45.5 Å². The zero-order valence-electron chi connectivity index (χ0n) is 15.1. The van der Waals surface area contributed by atoms with E-state index in [0.29, 0.717) is 27.9 Å². The first-order chi connectivity index (χ1) is 12.3. The summed E-state index contributed by atoms with van der Waals surface area (Å²) in [6, 6.07) is 9.18. The van der Waals surface area contributed by atoms with Crippen LogP contribution in [0.1, 0.15) is 27.2 Å². The summed E-state index contributed by atoms with van der Waals surface area (Å²) in [5.41, 5.74) is 3.40. The first-order valence-corrected chi connectivity index (χ1v) is 8.97. The van der Waals surface area contributed by atoms with Gasteiger partial charge in [0.2, 0.25) is 0 Å². The Morgan fingerprint density at radius 3 is 2.58 bits per heavy atom. The largest absolute Gasteiger partial charge is 0.459 e. The van der Waals surface area contributed by atoms with Crippen LogP contribution in [0.4, 0.5) is 5.69 Å². The number of rotatable bonds is 4. The summed E-state index contributed by atoms with van der Waals surface area (Å²) in [5, 5.41) is 4.54. The molecule has 0 spiro atoms. The van der Waals surface area contributed by atoms with Gasteiger partial charge >= 0.3 is 0 Å². The molecule has 1 heterocycles. The summed E-state index contributed by atoms with van der Waals surface area (Å²) in [6.07, 6.45) is 0. The Bertz CT molecular complexity index is 993. The molecular weight excluding hydrogens is 371 g/mol. The maximum Gasteiger partial charge on any atom is 0.258 e. The van der Waals surface area contributed by atoms with Gasteiger partial charge in [0.25, 0.3) is 5.91 Å². The lowest BCUT2D eigenvalue weighted by Crippen LogP contribution is -2.16. The first kappa shape index (κ1) is 18.8. The molecule has 0 aliphatic heterocycles. The second kappa shape index (κ2) is 7.31. The Kier molecular flexibility index (Phi) is 5.28. The number of hydrogen-bond acceptors (Lipinski definition) is 3. The number of nitrogens with zero attached hydrogens (tertiary/aromatic N) is 1. The van der Waals surface area contributed by atoms with Crippen LogP contribution in [-0.2, 0) is 6.54 Å². The van der Waals surface area contributed by atoms with E-state index in [2.05, 4.69) is 5.32 Å². The van der Waals surface area contributed by atoms with Crippen molar-refractivity contribution in [3.05, 3.63) is 62.8 Å². The molecule has 3 aromatic rings. The number of anilines is 1. The molecule has 0 bridgehead atoms. The molecule has 0 unspecified atom stereocenters. The lowest BCUT2D eigenvalue weighted by atomic mass is 10.1. The quantitative estimate of drug-likeness (QED) is 0.623. The van der Waals surface area contributed by atoms with Crippen molar-refractivity contribution in [1.82, 2.24) is 4.90 Å². The Labute approximate surface area is 162 Å². The molecule has 0 radical (unpaired) electrons. The van der Waals surface area contributed by atoms with Gasteiger partial charge in [-0.1, -0.05) is 41.4 Å². The molecular formula is C20H20Cl2N2O2. The predicted octanol–water partition coefficient (Wildman–Crippen LogP) is 5.67. The average molecular weight is 391 g/mol. The van der Waals surface area contributed by atoms with Gasteiger partial charge in [0.1, 0.15) is 5.76 Å². The van der Waals surface area contributed by atoms with Gasteiger partial charge in [-0.15, -0.1) is 0 Å². The van der Waals surface area contributed by atoms with Gasteiger partial charge in [-0.25, -0.2) is 0 Å². The highest BCUT2D eigenvalue weighted by molar-refractivity contribution is 6.41. The van der Waals surface area contributed by atoms with E-state index in [1.165, 1.54) is 0 Å². The zero-order valence-corrected chi connectivity index (χ0v) is 16.6. The Balaban J connectivity index is 2.00. The van der Waals surface area contributed by atoms with Crippen molar-refractivity contribution in [2.24, 2.45) is 0 Å². The van der Waals surface area contributed by atoms with Gasteiger partial charge in [0.15, 0.2) is 5.58 Å². The van der Waals surface area contributed by atoms with Crippen molar-refractivity contribution in [2.45, 2.75) is 20.4 Å². The maximum atomic E-state index is 12.9. The molecule has 0 aliphatic rings. The summed E-state index contributed by atoms with van der Waals surface area (Å²) in [4.78, 5) is 14.9. The number of carbonyl (C=O) groups is 1. The molecule has 0 fully saturated rings. The summed E-state index contributed by atoms with van der Waals surface area (Å²) >= 11 is 12.7. The van der Waals surface area contributed by atoms with Crippen LogP contribution in [0.5, 0.6) is 0 Å². The van der Waals surface area contributed by atoms with Crippen LogP contribution < -0.4 is 5.32 Å². The van der Waals surface area contributed by atoms with Crippen molar-refractivity contribution in [3.63, 3.8) is 0 Å². The number of amides is 1. The predicted molar refractivity (Wildman–Crippen MR) is 107 cm³/mol. The average Bonchev–Trinajstić information content (AvgIpc) is 2.86. The number of fused-ring (bicyclic) bond motifs is 1. The third kappa shape index (κ3) is 3.45. The Morgan fingerprint density at radius 1 is 1.15 bits per heavy atom. The fourth-order valence-corrected chi connectivity index (χ4v) is 3.51. The molecule has 0 atom stereocenters. The molecule has 2 aromatic carbocycles. The van der Waals surface area contributed by atoms with Crippen LogP contribution in [0.2, 0.25) is 10.0 Å². The minimum Gasteiger partial charge on any atom is -0.459 e. The molecule has 1 amide bonds. The van der Waals surface area contributed by atoms with Gasteiger partial charge in [0, 0.05) is 11.9 Å². The normalized spacial score (nSPS) is 11.3. The van der Waals surface area contributed by atoms with E-state index in [0.717, 1.165) is 22.3 Å². The van der Waals surface area contributed by atoms with E-state index in [4.69, 9.17) is 27.6 Å². The number of benzene rings is 2. The van der Waals surface area contributed by atoms with Crippen LogP contribution in [0.15, 0.2) is 34.7 Å². The van der Waals surface area contributed by atoms with Gasteiger partial charge in [0.05, 0.1) is 21.3 Å². The third-order valence-corrected chi connectivity index (χ3v) is 5.08. The number of furan rings is 1. The van der Waals surface area contributed by atoms with E-state index >= 15 is 0 Å². The number of para-hydroxylation sites is 1. The standard InChI is InChI=1S/C20H20Cl2N2O2/c1-11-12(2)26-19-14(11)6-5-7-16(19)23-20(25)17-15(21)9-8-13(18(17)22)10-24(3)4/h5-9H,10H2,1-4H3,(H,23,25). The fourth-order valence-electron chi connectivity index (χ4n) is 2.91. The van der Waals surface area contributed by atoms with Crippen molar-refractivity contribution >= 4 is 45.8 Å². The number of hydrogen-bond donors (Lipinski definition) is 1. The maximum absolute atomic E-state index is 12.9. The van der Waals surface area contributed by atoms with E-state index < -0.39 is 0 Å². The summed E-state index contributed by atoms with van der Waals surface area (Å²) < 4.78 is 5.82. The van der Waals surface area contributed by atoms with E-state index in [1.54, 1.807) is 12.1 Å². The van der Waals surface area contributed by atoms with Gasteiger partial charge in [-0.3, -0.25) is 4.79 Å². The zero-order chi connectivity index (χ0) is 19.0. The highest BCUT2D eigenvalue weighted by Crippen LogP contribution is 2.33. The van der Waals surface area contributed by atoms with Crippen molar-refractivity contribution in [2.75, 3.05) is 19.4 Å². The smallest absolute Gasteiger partial charge is 0.258 e. The number of halogens is 2. The van der Waals surface area contributed by atoms with Crippen LogP contribution in [0, 0.1) is 13.8 Å². The number of carbonyl (C=O) groups excluding carboxylic acids is 1. The Hall–Kier alpha value is -2.01. The molecule has 136 valence electrons. The van der Waals surface area contributed by atoms with Crippen LogP contribution in [0.25, 0.3) is 11.0 Å². The monoisotopic (exact) mass is 390 g/mol. The van der Waals surface area contributed by atoms with Crippen LogP contribution in [0.3, 0.4) is 0 Å². The van der Waals surface area contributed by atoms with Gasteiger partial charge in [-0.2, -0.15) is 0 Å². The van der Waals surface area contributed by atoms with E-state index in [-0.39, 0.29) is 11.5 Å². The molecule has 0 saturated heterocycles. The summed E-state index contributed by atoms with van der Waals surface area (Å²) in [5.74, 6) is 0.463. The van der Waals surface area contributed by atoms with Crippen LogP contribution >= 0.6 is 23.2 Å².